The highest BCUT2D eigenvalue weighted by Gasteiger charge is 2.21. The van der Waals surface area contributed by atoms with Crippen LogP contribution >= 0.6 is 24.0 Å². The number of guanidine groups is 1. The van der Waals surface area contributed by atoms with Crippen molar-refractivity contribution in [3.8, 4) is 5.75 Å². The molecule has 2 fully saturated rings. The molecular weight excluding hydrogens is 457 g/mol. The van der Waals surface area contributed by atoms with Gasteiger partial charge >= 0.3 is 0 Å². The number of morpholine rings is 1. The highest BCUT2D eigenvalue weighted by atomic mass is 127. The van der Waals surface area contributed by atoms with Crippen LogP contribution in [-0.2, 0) is 4.74 Å². The molecule has 0 aliphatic carbocycles. The first-order chi connectivity index (χ1) is 12.8. The molecule has 2 aliphatic heterocycles. The summed E-state index contributed by atoms with van der Waals surface area (Å²) in [6, 6.07) is 7.56. The fourth-order valence-corrected chi connectivity index (χ4v) is 3.44. The number of halogens is 1. The van der Waals surface area contributed by atoms with Crippen LogP contribution in [0.4, 0.5) is 5.69 Å². The van der Waals surface area contributed by atoms with E-state index in [1.807, 2.05) is 18.2 Å². The van der Waals surface area contributed by atoms with E-state index in [4.69, 9.17) is 9.73 Å². The van der Waals surface area contributed by atoms with Crippen LogP contribution in [0.15, 0.2) is 29.3 Å². The molecule has 0 amide bonds. The van der Waals surface area contributed by atoms with E-state index in [-0.39, 0.29) is 24.0 Å². The van der Waals surface area contributed by atoms with Gasteiger partial charge in [0.05, 0.1) is 25.4 Å². The maximum atomic E-state index is 10.1. The molecule has 27 heavy (non-hydrogen) atoms. The number of phenolic OH excluding ortho intramolecular Hbond substituents is 1. The minimum atomic E-state index is 0. The van der Waals surface area contributed by atoms with Gasteiger partial charge in [-0.25, -0.2) is 0 Å². The molecule has 0 saturated carbocycles. The zero-order chi connectivity index (χ0) is 18.2. The molecule has 0 spiro atoms. The molecule has 1 aromatic rings. The monoisotopic (exact) mass is 489 g/mol. The van der Waals surface area contributed by atoms with E-state index < -0.39 is 0 Å². The molecule has 7 nitrogen and oxygen atoms in total. The van der Waals surface area contributed by atoms with Crippen molar-refractivity contribution in [1.29, 1.82) is 0 Å². The summed E-state index contributed by atoms with van der Waals surface area (Å²) in [5.74, 6) is 1.35. The number of ether oxygens (including phenoxy) is 1. The number of rotatable bonds is 5. The summed E-state index contributed by atoms with van der Waals surface area (Å²) in [7, 11) is 0. The van der Waals surface area contributed by atoms with Crippen molar-refractivity contribution in [3.05, 3.63) is 24.3 Å². The molecule has 2 saturated heterocycles. The van der Waals surface area contributed by atoms with Crippen LogP contribution in [0.25, 0.3) is 0 Å². The summed E-state index contributed by atoms with van der Waals surface area (Å²) in [4.78, 5) is 11.8. The summed E-state index contributed by atoms with van der Waals surface area (Å²) in [6.07, 6.45) is 0. The molecule has 3 rings (SSSR count). The van der Waals surface area contributed by atoms with Gasteiger partial charge in [-0.15, -0.1) is 24.0 Å². The Labute approximate surface area is 179 Å². The van der Waals surface area contributed by atoms with E-state index >= 15 is 0 Å². The number of anilines is 1. The Balaban J connectivity index is 0.00000261. The lowest BCUT2D eigenvalue weighted by Crippen LogP contribution is -2.52. The van der Waals surface area contributed by atoms with Crippen molar-refractivity contribution in [3.63, 3.8) is 0 Å². The van der Waals surface area contributed by atoms with Crippen LogP contribution < -0.4 is 10.2 Å². The number of benzene rings is 1. The molecule has 0 aromatic heterocycles. The third-order valence-corrected chi connectivity index (χ3v) is 4.92. The number of nitrogens with zero attached hydrogens (tertiary/aromatic N) is 4. The van der Waals surface area contributed by atoms with Gasteiger partial charge in [-0.05, 0) is 19.1 Å². The quantitative estimate of drug-likeness (QED) is 0.371. The standard InChI is InChI=1S/C19H31N5O2.HI/c1-2-20-19(21-7-8-22-13-15-26-16-14-22)24-11-9-23(10-12-24)17-5-3-4-6-18(17)25;/h3-6,25H,2,7-16H2,1H3,(H,20,21);1H. The van der Waals surface area contributed by atoms with Gasteiger partial charge in [-0.3, -0.25) is 9.89 Å². The number of aromatic hydroxyl groups is 1. The second-order valence-electron chi connectivity index (χ2n) is 6.65. The van der Waals surface area contributed by atoms with Gasteiger partial charge in [-0.2, -0.15) is 0 Å². The molecule has 0 bridgehead atoms. The molecule has 0 atom stereocenters. The minimum Gasteiger partial charge on any atom is -0.506 e. The van der Waals surface area contributed by atoms with Crippen LogP contribution in [0.3, 0.4) is 0 Å². The molecular formula is C19H32IN5O2. The number of nitrogens with one attached hydrogen (secondary N) is 1. The van der Waals surface area contributed by atoms with Crippen LogP contribution in [0.1, 0.15) is 6.92 Å². The lowest BCUT2D eigenvalue weighted by molar-refractivity contribution is 0.0394. The van der Waals surface area contributed by atoms with Gasteiger partial charge in [0.15, 0.2) is 5.96 Å². The zero-order valence-corrected chi connectivity index (χ0v) is 18.5. The Morgan fingerprint density at radius 3 is 2.48 bits per heavy atom. The fraction of sp³-hybridized carbons (Fsp3) is 0.632. The van der Waals surface area contributed by atoms with Crippen molar-refractivity contribution < 1.29 is 9.84 Å². The van der Waals surface area contributed by atoms with Crippen molar-refractivity contribution >= 4 is 35.6 Å². The molecule has 8 heteroatoms. The third kappa shape index (κ3) is 6.39. The highest BCUT2D eigenvalue weighted by Crippen LogP contribution is 2.27. The molecule has 0 unspecified atom stereocenters. The van der Waals surface area contributed by atoms with Gasteiger partial charge in [0.25, 0.3) is 0 Å². The maximum Gasteiger partial charge on any atom is 0.194 e. The van der Waals surface area contributed by atoms with Gasteiger partial charge in [0, 0.05) is 52.4 Å². The predicted molar refractivity (Wildman–Crippen MR) is 121 cm³/mol. The number of piperazine rings is 1. The van der Waals surface area contributed by atoms with E-state index in [2.05, 4.69) is 26.9 Å². The summed E-state index contributed by atoms with van der Waals surface area (Å²) in [5, 5.41) is 13.5. The minimum absolute atomic E-state index is 0. The normalized spacial score (nSPS) is 18.9. The summed E-state index contributed by atoms with van der Waals surface area (Å²) in [5.41, 5.74) is 0.918. The summed E-state index contributed by atoms with van der Waals surface area (Å²) >= 11 is 0. The predicted octanol–water partition coefficient (Wildman–Crippen LogP) is 1.43. The fourth-order valence-electron chi connectivity index (χ4n) is 3.44. The molecule has 0 radical (unpaired) electrons. The van der Waals surface area contributed by atoms with E-state index in [9.17, 15) is 5.11 Å². The van der Waals surface area contributed by atoms with Crippen molar-refractivity contribution in [1.82, 2.24) is 15.1 Å². The summed E-state index contributed by atoms with van der Waals surface area (Å²) < 4.78 is 5.40. The average molecular weight is 489 g/mol. The van der Waals surface area contributed by atoms with Gasteiger partial charge in [0.2, 0.25) is 0 Å². The second kappa shape index (κ2) is 11.6. The molecule has 1 aromatic carbocycles. The van der Waals surface area contributed by atoms with Gasteiger partial charge in [0.1, 0.15) is 5.75 Å². The van der Waals surface area contributed by atoms with Crippen molar-refractivity contribution in [2.75, 3.05) is 77.0 Å². The second-order valence-corrected chi connectivity index (χ2v) is 6.65. The Bertz CT molecular complexity index is 587. The molecule has 2 aliphatic rings. The van der Waals surface area contributed by atoms with Crippen LogP contribution in [-0.4, -0.2) is 93.0 Å². The van der Waals surface area contributed by atoms with E-state index in [1.54, 1.807) is 6.07 Å². The van der Waals surface area contributed by atoms with E-state index in [1.165, 1.54) is 0 Å². The van der Waals surface area contributed by atoms with Gasteiger partial charge < -0.3 is 25.0 Å². The summed E-state index contributed by atoms with van der Waals surface area (Å²) in [6.45, 7) is 12.0. The van der Waals surface area contributed by atoms with Crippen LogP contribution in [0.5, 0.6) is 5.75 Å². The van der Waals surface area contributed by atoms with Gasteiger partial charge in [-0.1, -0.05) is 12.1 Å². The number of para-hydroxylation sites is 2. The maximum absolute atomic E-state index is 10.1. The topological polar surface area (TPSA) is 63.6 Å². The molecule has 2 heterocycles. The lowest BCUT2D eigenvalue weighted by Gasteiger charge is -2.38. The van der Waals surface area contributed by atoms with Crippen LogP contribution in [0.2, 0.25) is 0 Å². The Hall–Kier alpha value is -1.26. The largest absolute Gasteiger partial charge is 0.506 e. The zero-order valence-electron chi connectivity index (χ0n) is 16.1. The van der Waals surface area contributed by atoms with Crippen molar-refractivity contribution in [2.45, 2.75) is 6.92 Å². The average Bonchev–Trinajstić information content (AvgIpc) is 2.69. The Kier molecular flexibility index (Phi) is 9.43. The van der Waals surface area contributed by atoms with Crippen molar-refractivity contribution in [2.24, 2.45) is 4.99 Å². The molecule has 2 N–H and O–H groups in total. The highest BCUT2D eigenvalue weighted by molar-refractivity contribution is 14.0. The first kappa shape index (κ1) is 22.0. The van der Waals surface area contributed by atoms with Crippen LogP contribution in [0, 0.1) is 0 Å². The number of phenols is 1. The SMILES string of the molecule is CCNC(=NCCN1CCOCC1)N1CCN(c2ccccc2O)CC1.I. The lowest BCUT2D eigenvalue weighted by atomic mass is 10.2. The first-order valence-electron chi connectivity index (χ1n) is 9.64. The Morgan fingerprint density at radius 1 is 1.11 bits per heavy atom. The van der Waals surface area contributed by atoms with E-state index in [0.717, 1.165) is 83.8 Å². The number of aliphatic imine (C=N–C) groups is 1. The third-order valence-electron chi connectivity index (χ3n) is 4.92. The Morgan fingerprint density at radius 2 is 1.81 bits per heavy atom. The first-order valence-corrected chi connectivity index (χ1v) is 9.64. The van der Waals surface area contributed by atoms with E-state index in [0.29, 0.717) is 5.75 Å². The number of hydrogen-bond donors (Lipinski definition) is 2. The number of hydrogen-bond acceptors (Lipinski definition) is 5. The smallest absolute Gasteiger partial charge is 0.194 e. The molecule has 152 valence electrons.